The van der Waals surface area contributed by atoms with Crippen LogP contribution in [0.25, 0.3) is 0 Å². The molecular weight excluding hydrogens is 162 g/mol. The van der Waals surface area contributed by atoms with Crippen molar-refractivity contribution >= 4 is 5.69 Å². The van der Waals surface area contributed by atoms with E-state index in [4.69, 9.17) is 11.0 Å². The molecule has 0 radical (unpaired) electrons. The summed E-state index contributed by atoms with van der Waals surface area (Å²) in [6, 6.07) is 3.68. The van der Waals surface area contributed by atoms with Gasteiger partial charge in [-0.15, -0.1) is 0 Å². The van der Waals surface area contributed by atoms with Gasteiger partial charge in [-0.3, -0.25) is 0 Å². The fraction of sp³-hybridized carbons (Fsp3) is 0.400. The topological polar surface area (TPSA) is 62.7 Å². The molecule has 0 aliphatic carbocycles. The maximum atomic E-state index is 8.50. The third-order valence-electron chi connectivity index (χ3n) is 1.52. The highest BCUT2D eigenvalue weighted by Crippen LogP contribution is 2.10. The van der Waals surface area contributed by atoms with Gasteiger partial charge >= 0.3 is 0 Å². The number of nitrogens with two attached hydrogens (primary N) is 1. The Morgan fingerprint density at radius 2 is 2.15 bits per heavy atom. The average molecular weight is 177 g/mol. The summed E-state index contributed by atoms with van der Waals surface area (Å²) in [5, 5.41) is 8.50. The van der Waals surface area contributed by atoms with Crippen LogP contribution in [0.2, 0.25) is 0 Å². The molecule has 0 aliphatic rings. The minimum absolute atomic E-state index is 0.427. The zero-order valence-electron chi connectivity index (χ0n) is 8.33. The second-order valence-electron chi connectivity index (χ2n) is 2.23. The molecule has 0 atom stereocenters. The normalized spacial score (nSPS) is 8.15. The summed E-state index contributed by atoms with van der Waals surface area (Å²) in [5.41, 5.74) is 7.65. The summed E-state index contributed by atoms with van der Waals surface area (Å²) in [7, 11) is 0. The number of aryl methyl sites for hydroxylation is 1. The van der Waals surface area contributed by atoms with E-state index in [9.17, 15) is 0 Å². The van der Waals surface area contributed by atoms with Crippen molar-refractivity contribution in [3.05, 3.63) is 23.5 Å². The Morgan fingerprint density at radius 1 is 1.54 bits per heavy atom. The van der Waals surface area contributed by atoms with E-state index in [1.807, 2.05) is 26.8 Å². The second-order valence-corrected chi connectivity index (χ2v) is 2.23. The van der Waals surface area contributed by atoms with E-state index in [0.717, 1.165) is 12.0 Å². The van der Waals surface area contributed by atoms with Gasteiger partial charge in [0.05, 0.1) is 11.9 Å². The van der Waals surface area contributed by atoms with Gasteiger partial charge in [0.15, 0.2) is 0 Å². The fourth-order valence-electron chi connectivity index (χ4n) is 0.875. The second kappa shape index (κ2) is 6.01. The monoisotopic (exact) mass is 177 g/mol. The zero-order chi connectivity index (χ0) is 10.3. The summed E-state index contributed by atoms with van der Waals surface area (Å²) in [6.07, 6.45) is 2.36. The lowest BCUT2D eigenvalue weighted by Gasteiger charge is -2.00. The van der Waals surface area contributed by atoms with Crippen molar-refractivity contribution in [1.82, 2.24) is 4.98 Å². The summed E-state index contributed by atoms with van der Waals surface area (Å²) in [6.45, 7) is 5.99. The highest BCUT2D eigenvalue weighted by atomic mass is 14.7. The van der Waals surface area contributed by atoms with E-state index in [0.29, 0.717) is 11.4 Å². The van der Waals surface area contributed by atoms with E-state index < -0.39 is 0 Å². The van der Waals surface area contributed by atoms with Gasteiger partial charge in [-0.1, -0.05) is 20.8 Å². The minimum Gasteiger partial charge on any atom is -0.397 e. The Balaban J connectivity index is 0.000000671. The van der Waals surface area contributed by atoms with Crippen molar-refractivity contribution in [2.45, 2.75) is 27.2 Å². The van der Waals surface area contributed by atoms with Crippen LogP contribution in [0, 0.1) is 11.3 Å². The van der Waals surface area contributed by atoms with Crippen LogP contribution < -0.4 is 5.73 Å². The van der Waals surface area contributed by atoms with Crippen molar-refractivity contribution in [3.8, 4) is 6.07 Å². The molecule has 3 nitrogen and oxygen atoms in total. The SMILES string of the molecule is CC.CCc1cc(C#N)ncc1N. The van der Waals surface area contributed by atoms with Gasteiger partial charge in [-0.05, 0) is 18.1 Å². The Labute approximate surface area is 79.2 Å². The Morgan fingerprint density at radius 3 is 2.62 bits per heavy atom. The van der Waals surface area contributed by atoms with Crippen LogP contribution in [0.4, 0.5) is 5.69 Å². The number of nitriles is 1. The first-order valence-electron chi connectivity index (χ1n) is 4.42. The Bertz CT molecular complexity index is 300. The summed E-state index contributed by atoms with van der Waals surface area (Å²) in [5.74, 6) is 0. The molecule has 0 spiro atoms. The van der Waals surface area contributed by atoms with Gasteiger partial charge in [0.25, 0.3) is 0 Å². The molecule has 13 heavy (non-hydrogen) atoms. The first-order valence-corrected chi connectivity index (χ1v) is 4.42. The number of pyridine rings is 1. The van der Waals surface area contributed by atoms with Crippen LogP contribution in [0.15, 0.2) is 12.3 Å². The van der Waals surface area contributed by atoms with Crippen LogP contribution in [0.5, 0.6) is 0 Å². The molecule has 2 N–H and O–H groups in total. The number of hydrogen-bond acceptors (Lipinski definition) is 3. The average Bonchev–Trinajstić information content (AvgIpc) is 2.22. The van der Waals surface area contributed by atoms with Crippen molar-refractivity contribution in [2.75, 3.05) is 5.73 Å². The molecule has 0 amide bonds. The molecule has 0 unspecified atom stereocenters. The van der Waals surface area contributed by atoms with E-state index in [1.165, 1.54) is 6.20 Å². The van der Waals surface area contributed by atoms with Crippen LogP contribution in [-0.4, -0.2) is 4.98 Å². The third kappa shape index (κ3) is 3.12. The first kappa shape index (κ1) is 11.4. The van der Waals surface area contributed by atoms with Crippen LogP contribution in [0.3, 0.4) is 0 Å². The molecule has 70 valence electrons. The van der Waals surface area contributed by atoms with Gasteiger partial charge in [0.2, 0.25) is 0 Å². The molecule has 0 fully saturated rings. The Kier molecular flexibility index (Phi) is 5.29. The van der Waals surface area contributed by atoms with Crippen molar-refractivity contribution in [2.24, 2.45) is 0 Å². The summed E-state index contributed by atoms with van der Waals surface area (Å²) >= 11 is 0. The third-order valence-corrected chi connectivity index (χ3v) is 1.52. The summed E-state index contributed by atoms with van der Waals surface area (Å²) in [4.78, 5) is 3.82. The van der Waals surface area contributed by atoms with E-state index in [1.54, 1.807) is 6.07 Å². The molecule has 1 aromatic rings. The molecule has 1 rings (SSSR count). The number of aromatic nitrogens is 1. The highest BCUT2D eigenvalue weighted by Gasteiger charge is 1.98. The van der Waals surface area contributed by atoms with Gasteiger partial charge in [0.1, 0.15) is 11.8 Å². The van der Waals surface area contributed by atoms with Crippen LogP contribution in [0.1, 0.15) is 32.0 Å². The lowest BCUT2D eigenvalue weighted by atomic mass is 10.1. The van der Waals surface area contributed by atoms with E-state index in [2.05, 4.69) is 4.98 Å². The lowest BCUT2D eigenvalue weighted by molar-refractivity contribution is 1.11. The standard InChI is InChI=1S/C8H9N3.C2H6/c1-2-6-3-7(4-9)11-5-8(6)10;1-2/h3,5H,2,10H2,1H3;1-2H3. The molecule has 0 aliphatic heterocycles. The van der Waals surface area contributed by atoms with E-state index >= 15 is 0 Å². The molecule has 1 aromatic heterocycles. The maximum Gasteiger partial charge on any atom is 0.140 e. The molecule has 0 aromatic carbocycles. The van der Waals surface area contributed by atoms with E-state index in [-0.39, 0.29) is 0 Å². The van der Waals surface area contributed by atoms with Gasteiger partial charge in [-0.25, -0.2) is 4.98 Å². The molecule has 1 heterocycles. The molecule has 0 bridgehead atoms. The van der Waals surface area contributed by atoms with Gasteiger partial charge in [0, 0.05) is 0 Å². The predicted molar refractivity (Wildman–Crippen MR) is 54.1 cm³/mol. The number of anilines is 1. The highest BCUT2D eigenvalue weighted by molar-refractivity contribution is 5.46. The van der Waals surface area contributed by atoms with Gasteiger partial charge < -0.3 is 5.73 Å². The predicted octanol–water partition coefficient (Wildman–Crippen LogP) is 2.12. The number of hydrogen-bond donors (Lipinski definition) is 1. The number of nitrogen functional groups attached to an aromatic ring is 1. The quantitative estimate of drug-likeness (QED) is 0.714. The van der Waals surface area contributed by atoms with Gasteiger partial charge in [-0.2, -0.15) is 5.26 Å². The van der Waals surface area contributed by atoms with Crippen LogP contribution in [-0.2, 0) is 6.42 Å². The van der Waals surface area contributed by atoms with Crippen molar-refractivity contribution in [3.63, 3.8) is 0 Å². The minimum atomic E-state index is 0.427. The largest absolute Gasteiger partial charge is 0.397 e. The maximum absolute atomic E-state index is 8.50. The number of rotatable bonds is 1. The summed E-state index contributed by atoms with van der Waals surface area (Å²) < 4.78 is 0. The first-order chi connectivity index (χ1) is 6.27. The molecule has 3 heteroatoms. The van der Waals surface area contributed by atoms with Crippen LogP contribution >= 0.6 is 0 Å². The molecule has 0 saturated heterocycles. The van der Waals surface area contributed by atoms with Crippen molar-refractivity contribution < 1.29 is 0 Å². The smallest absolute Gasteiger partial charge is 0.140 e. The zero-order valence-corrected chi connectivity index (χ0v) is 8.33. The fourth-order valence-corrected chi connectivity index (χ4v) is 0.875. The molecular formula is C10H15N3. The lowest BCUT2D eigenvalue weighted by Crippen LogP contribution is -1.95. The molecule has 0 saturated carbocycles. The Hall–Kier alpha value is -1.56. The number of nitrogens with zero attached hydrogens (tertiary/aromatic N) is 2. The van der Waals surface area contributed by atoms with Crippen molar-refractivity contribution in [1.29, 1.82) is 5.26 Å².